The first-order valence-electron chi connectivity index (χ1n) is 11.7. The molecule has 0 spiro atoms. The molecule has 2 aromatic rings. The number of nitrogens with one attached hydrogen (secondary N) is 2. The topological polar surface area (TPSA) is 124 Å². The largest absolute Gasteiger partial charge is 0.480 e. The van der Waals surface area contributed by atoms with E-state index in [1.54, 1.807) is 26.0 Å². The van der Waals surface area contributed by atoms with Crippen LogP contribution in [0.5, 0.6) is 0 Å². The molecule has 1 aromatic carbocycles. The highest BCUT2D eigenvalue weighted by atomic mass is 16.5. The predicted molar refractivity (Wildman–Crippen MR) is 129 cm³/mol. The minimum atomic E-state index is -1.10. The third-order valence-corrected chi connectivity index (χ3v) is 5.97. The van der Waals surface area contributed by atoms with Gasteiger partial charge in [-0.2, -0.15) is 5.26 Å². The number of ether oxygens (including phenoxy) is 1. The molecule has 0 unspecified atom stereocenters. The first-order valence-corrected chi connectivity index (χ1v) is 11.7. The van der Waals surface area contributed by atoms with Crippen LogP contribution < -0.4 is 10.6 Å². The molecule has 0 aliphatic carbocycles. The van der Waals surface area contributed by atoms with Crippen LogP contribution in [-0.2, 0) is 22.4 Å². The van der Waals surface area contributed by atoms with E-state index in [9.17, 15) is 14.7 Å². The van der Waals surface area contributed by atoms with Crippen LogP contribution in [0.2, 0.25) is 0 Å². The fourth-order valence-electron chi connectivity index (χ4n) is 4.20. The average Bonchev–Trinajstić information content (AvgIpc) is 2.81. The second kappa shape index (κ2) is 12.1. The maximum atomic E-state index is 12.7. The number of aryl methyl sites for hydroxylation is 4. The van der Waals surface area contributed by atoms with Gasteiger partial charge in [0, 0.05) is 37.4 Å². The third-order valence-electron chi connectivity index (χ3n) is 5.97. The first kappa shape index (κ1) is 25.2. The number of pyridine rings is 1. The van der Waals surface area contributed by atoms with E-state index in [4.69, 9.17) is 15.0 Å². The number of rotatable bonds is 11. The van der Waals surface area contributed by atoms with Gasteiger partial charge in [0.15, 0.2) is 0 Å². The standard InChI is InChI=1S/C26H32N4O4/c1-17-14-19(16-27)15-18(2)23(17)25(31)30-22(26(32)33)10-13-34-12-4-3-7-21-9-8-20-6-5-11-28-24(20)29-21/h8-9,14-15,22H,3-7,10-13H2,1-2H3,(H,28,29)(H,30,31)(H,32,33)/t22-/m0/s1. The molecule has 0 radical (unpaired) electrons. The first-order chi connectivity index (χ1) is 16.4. The zero-order valence-electron chi connectivity index (χ0n) is 19.8. The number of hydrogen-bond acceptors (Lipinski definition) is 6. The molecule has 34 heavy (non-hydrogen) atoms. The molecule has 0 saturated heterocycles. The number of amides is 1. The second-order valence-electron chi connectivity index (χ2n) is 8.66. The number of aliphatic carboxylic acids is 1. The lowest BCUT2D eigenvalue weighted by Gasteiger charge is -2.17. The Labute approximate surface area is 200 Å². The van der Waals surface area contributed by atoms with Crippen LogP contribution in [0.1, 0.15) is 64.0 Å². The lowest BCUT2D eigenvalue weighted by molar-refractivity contribution is -0.139. The van der Waals surface area contributed by atoms with E-state index in [-0.39, 0.29) is 13.0 Å². The van der Waals surface area contributed by atoms with E-state index in [1.807, 2.05) is 0 Å². The quantitative estimate of drug-likeness (QED) is 0.435. The van der Waals surface area contributed by atoms with E-state index in [0.29, 0.717) is 28.9 Å². The van der Waals surface area contributed by atoms with Crippen LogP contribution in [0.25, 0.3) is 0 Å². The normalized spacial score (nSPS) is 13.3. The minimum Gasteiger partial charge on any atom is -0.480 e. The van der Waals surface area contributed by atoms with Crippen molar-refractivity contribution in [3.8, 4) is 6.07 Å². The molecule has 1 aromatic heterocycles. The lowest BCUT2D eigenvalue weighted by atomic mass is 9.98. The van der Waals surface area contributed by atoms with Gasteiger partial charge in [-0.25, -0.2) is 9.78 Å². The summed E-state index contributed by atoms with van der Waals surface area (Å²) in [6, 6.07) is 8.49. The number of nitriles is 1. The fraction of sp³-hybridized carbons (Fsp3) is 0.462. The van der Waals surface area contributed by atoms with Gasteiger partial charge in [-0.15, -0.1) is 0 Å². The summed E-state index contributed by atoms with van der Waals surface area (Å²) in [5, 5.41) is 24.5. The molecule has 1 aliphatic rings. The summed E-state index contributed by atoms with van der Waals surface area (Å²) in [6.07, 6.45) is 5.05. The molecule has 0 bridgehead atoms. The Balaban J connectivity index is 1.39. The zero-order valence-corrected chi connectivity index (χ0v) is 19.8. The van der Waals surface area contributed by atoms with Crippen LogP contribution >= 0.6 is 0 Å². The molecule has 3 rings (SSSR count). The van der Waals surface area contributed by atoms with Gasteiger partial charge < -0.3 is 20.5 Å². The van der Waals surface area contributed by atoms with Gasteiger partial charge in [0.2, 0.25) is 0 Å². The number of benzene rings is 1. The van der Waals surface area contributed by atoms with Gasteiger partial charge in [0.1, 0.15) is 11.9 Å². The van der Waals surface area contributed by atoms with Crippen LogP contribution in [0, 0.1) is 25.2 Å². The highest BCUT2D eigenvalue weighted by Crippen LogP contribution is 2.20. The summed E-state index contributed by atoms with van der Waals surface area (Å²) in [5.74, 6) is -0.555. The Bertz CT molecular complexity index is 1050. The van der Waals surface area contributed by atoms with Crippen molar-refractivity contribution in [1.29, 1.82) is 5.26 Å². The number of carboxylic acid groups (broad SMARTS) is 1. The number of fused-ring (bicyclic) bond motifs is 1. The van der Waals surface area contributed by atoms with E-state index in [1.165, 1.54) is 5.56 Å². The number of carbonyl (C=O) groups excluding carboxylic acids is 1. The molecule has 3 N–H and O–H groups in total. The van der Waals surface area contributed by atoms with Crippen molar-refractivity contribution in [3.05, 3.63) is 57.8 Å². The average molecular weight is 465 g/mol. The summed E-state index contributed by atoms with van der Waals surface area (Å²) in [7, 11) is 0. The van der Waals surface area contributed by atoms with Crippen LogP contribution in [0.4, 0.5) is 5.82 Å². The van der Waals surface area contributed by atoms with E-state index < -0.39 is 17.9 Å². The number of carboxylic acids is 1. The number of carbonyl (C=O) groups is 2. The summed E-state index contributed by atoms with van der Waals surface area (Å²) in [4.78, 5) is 29.0. The highest BCUT2D eigenvalue weighted by Gasteiger charge is 2.22. The number of nitrogens with zero attached hydrogens (tertiary/aromatic N) is 2. The van der Waals surface area contributed by atoms with Crippen LogP contribution in [0.15, 0.2) is 24.3 Å². The van der Waals surface area contributed by atoms with Crippen molar-refractivity contribution in [2.75, 3.05) is 25.1 Å². The Hall–Kier alpha value is -3.44. The summed E-state index contributed by atoms with van der Waals surface area (Å²) < 4.78 is 5.62. The molecule has 8 nitrogen and oxygen atoms in total. The monoisotopic (exact) mass is 464 g/mol. The van der Waals surface area contributed by atoms with Gasteiger partial charge in [0.05, 0.1) is 11.6 Å². The van der Waals surface area contributed by atoms with E-state index >= 15 is 0 Å². The van der Waals surface area contributed by atoms with Crippen LogP contribution in [0.3, 0.4) is 0 Å². The summed E-state index contributed by atoms with van der Waals surface area (Å²) >= 11 is 0. The van der Waals surface area contributed by atoms with E-state index in [0.717, 1.165) is 50.2 Å². The Morgan fingerprint density at radius 2 is 2.00 bits per heavy atom. The third kappa shape index (κ3) is 6.78. The number of hydrogen-bond donors (Lipinski definition) is 3. The number of unbranched alkanes of at least 4 members (excludes halogenated alkanes) is 1. The fourth-order valence-corrected chi connectivity index (χ4v) is 4.20. The predicted octanol–water partition coefficient (Wildman–Crippen LogP) is 3.54. The molecule has 1 amide bonds. The van der Waals surface area contributed by atoms with Crippen molar-refractivity contribution in [2.45, 2.75) is 58.4 Å². The van der Waals surface area contributed by atoms with Crippen molar-refractivity contribution in [1.82, 2.24) is 10.3 Å². The molecule has 180 valence electrons. The van der Waals surface area contributed by atoms with Crippen molar-refractivity contribution in [3.63, 3.8) is 0 Å². The lowest BCUT2D eigenvalue weighted by Crippen LogP contribution is -2.42. The van der Waals surface area contributed by atoms with Gasteiger partial charge in [0.25, 0.3) is 5.91 Å². The molecule has 2 heterocycles. The summed E-state index contributed by atoms with van der Waals surface area (Å²) in [6.45, 7) is 5.21. The molecule has 0 saturated carbocycles. The number of anilines is 1. The van der Waals surface area contributed by atoms with Gasteiger partial charge in [-0.05, 0) is 80.8 Å². The molecule has 1 atom stereocenters. The Morgan fingerprint density at radius 3 is 2.71 bits per heavy atom. The minimum absolute atomic E-state index is 0.174. The van der Waals surface area contributed by atoms with Crippen LogP contribution in [-0.4, -0.2) is 47.8 Å². The maximum absolute atomic E-state index is 12.7. The Kier molecular flexibility index (Phi) is 9.00. The van der Waals surface area contributed by atoms with Crippen molar-refractivity contribution < 1.29 is 19.4 Å². The van der Waals surface area contributed by atoms with Gasteiger partial charge in [-0.3, -0.25) is 4.79 Å². The molecule has 0 fully saturated rings. The maximum Gasteiger partial charge on any atom is 0.326 e. The SMILES string of the molecule is Cc1cc(C#N)cc(C)c1C(=O)N[C@@H](CCOCCCCc1ccc2c(n1)NCCC2)C(=O)O. The van der Waals surface area contributed by atoms with Crippen molar-refractivity contribution in [2.24, 2.45) is 0 Å². The molecular weight excluding hydrogens is 432 g/mol. The van der Waals surface area contributed by atoms with Crippen molar-refractivity contribution >= 4 is 17.7 Å². The molecule has 1 aliphatic heterocycles. The van der Waals surface area contributed by atoms with Gasteiger partial charge >= 0.3 is 5.97 Å². The smallest absolute Gasteiger partial charge is 0.326 e. The van der Waals surface area contributed by atoms with E-state index in [2.05, 4.69) is 28.8 Å². The summed E-state index contributed by atoms with van der Waals surface area (Å²) in [5.41, 5.74) is 4.49. The highest BCUT2D eigenvalue weighted by molar-refractivity contribution is 5.99. The van der Waals surface area contributed by atoms with Gasteiger partial charge in [-0.1, -0.05) is 6.07 Å². The zero-order chi connectivity index (χ0) is 24.5. The molecule has 8 heteroatoms. The number of aromatic nitrogens is 1. The molecular formula is C26H32N4O4. The Morgan fingerprint density at radius 1 is 1.24 bits per heavy atom. The second-order valence-corrected chi connectivity index (χ2v) is 8.66.